The Hall–Kier alpha value is -3.22. The molecule has 0 aromatic heterocycles. The fraction of sp³-hybridized carbons (Fsp3) is 0.683. The molecule has 1 spiro atoms. The molecule has 0 amide bonds. The number of likely N-dealkylation sites (tertiary alicyclic amines) is 1. The van der Waals surface area contributed by atoms with Crippen molar-refractivity contribution in [2.45, 2.75) is 165 Å². The number of halogens is 3. The number of hydrogen-bond donors (Lipinski definition) is 2. The van der Waals surface area contributed by atoms with Crippen molar-refractivity contribution in [2.24, 2.45) is 0 Å². The second-order valence-electron chi connectivity index (χ2n) is 14.9. The van der Waals surface area contributed by atoms with E-state index in [2.05, 4.69) is 24.0 Å². The minimum Gasteiger partial charge on any atom is -0.481 e. The fourth-order valence-corrected chi connectivity index (χ4v) is 8.47. The molecule has 2 N–H and O–H groups in total. The highest BCUT2D eigenvalue weighted by Crippen LogP contribution is 2.64. The number of esters is 2. The molecule has 1 aromatic rings. The molecule has 9 nitrogen and oxygen atoms in total. The third-order valence-electron chi connectivity index (χ3n) is 11.3. The van der Waals surface area contributed by atoms with Crippen molar-refractivity contribution >= 4 is 18.2 Å². The summed E-state index contributed by atoms with van der Waals surface area (Å²) >= 11 is 0. The van der Waals surface area contributed by atoms with Crippen molar-refractivity contribution in [3.8, 4) is 5.75 Å². The summed E-state index contributed by atoms with van der Waals surface area (Å²) in [7, 11) is 2.04. The van der Waals surface area contributed by atoms with E-state index >= 15 is 0 Å². The predicted octanol–water partition coefficient (Wildman–Crippen LogP) is 7.72. The van der Waals surface area contributed by atoms with Gasteiger partial charge in [-0.2, -0.15) is 13.2 Å². The number of allylic oxidation sites excluding steroid dienone is 2. The second kappa shape index (κ2) is 19.4. The molecule has 1 aromatic carbocycles. The molecule has 5 rings (SSSR count). The van der Waals surface area contributed by atoms with Crippen LogP contribution in [0.3, 0.4) is 0 Å². The third-order valence-corrected chi connectivity index (χ3v) is 11.3. The van der Waals surface area contributed by atoms with Crippen LogP contribution in [0.25, 0.3) is 0 Å². The minimum absolute atomic E-state index is 0.106. The number of hydrogen-bond acceptors (Lipinski definition) is 9. The number of alkyl halides is 3. The lowest BCUT2D eigenvalue weighted by Gasteiger charge is -2.61. The molecule has 1 fully saturated rings. The van der Waals surface area contributed by atoms with E-state index in [1.54, 1.807) is 6.08 Å². The van der Waals surface area contributed by atoms with Gasteiger partial charge in [0.2, 0.25) is 6.29 Å². The summed E-state index contributed by atoms with van der Waals surface area (Å²) in [4.78, 5) is 36.7. The maximum absolute atomic E-state index is 13.2. The Kier molecular flexibility index (Phi) is 15.6. The van der Waals surface area contributed by atoms with Gasteiger partial charge in [-0.05, 0) is 77.1 Å². The molecule has 1 saturated heterocycles. The van der Waals surface area contributed by atoms with Crippen LogP contribution < -0.4 is 4.74 Å². The van der Waals surface area contributed by atoms with E-state index in [0.717, 1.165) is 49.8 Å². The molecule has 296 valence electrons. The lowest BCUT2D eigenvalue weighted by atomic mass is 9.50. The molecular formula is C41H58F3NO8. The second-order valence-corrected chi connectivity index (χ2v) is 14.9. The lowest BCUT2D eigenvalue weighted by molar-refractivity contribution is -0.175. The van der Waals surface area contributed by atoms with Gasteiger partial charge in [-0.15, -0.1) is 0 Å². The van der Waals surface area contributed by atoms with Crippen molar-refractivity contribution in [3.05, 3.63) is 52.8 Å². The normalized spacial score (nSPS) is 24.7. The van der Waals surface area contributed by atoms with Crippen LogP contribution in [0.5, 0.6) is 5.75 Å². The zero-order chi connectivity index (χ0) is 38.6. The summed E-state index contributed by atoms with van der Waals surface area (Å²) in [6.07, 6.45) is 16.3. The molecule has 12 heteroatoms. The van der Waals surface area contributed by atoms with E-state index in [9.17, 15) is 33.0 Å². The molecule has 2 bridgehead atoms. The molecule has 2 aliphatic carbocycles. The zero-order valence-corrected chi connectivity index (χ0v) is 31.6. The smallest absolute Gasteiger partial charge is 0.446 e. The van der Waals surface area contributed by atoms with Crippen LogP contribution in [-0.4, -0.2) is 77.0 Å². The summed E-state index contributed by atoms with van der Waals surface area (Å²) in [5, 5.41) is 22.4. The number of carbonyl (C=O) groups excluding carboxylic acids is 3. The number of likely N-dealkylation sites (N-methyl/N-ethyl adjacent to an activating group) is 1. The van der Waals surface area contributed by atoms with Gasteiger partial charge < -0.3 is 29.3 Å². The topological polar surface area (TPSA) is 123 Å². The number of aldehydes is 1. The maximum Gasteiger partial charge on any atom is 0.446 e. The highest BCUT2D eigenvalue weighted by Gasteiger charge is 2.72. The molecule has 5 atom stereocenters. The third kappa shape index (κ3) is 10.1. The Labute approximate surface area is 311 Å². The van der Waals surface area contributed by atoms with E-state index in [1.807, 2.05) is 19.2 Å². The van der Waals surface area contributed by atoms with Crippen LogP contribution in [0.1, 0.15) is 133 Å². The molecule has 2 heterocycles. The molecule has 0 radical (unpaired) electrons. The number of carbonyl (C=O) groups is 3. The summed E-state index contributed by atoms with van der Waals surface area (Å²) in [6.45, 7) is 4.37. The predicted molar refractivity (Wildman–Crippen MR) is 194 cm³/mol. The molecule has 0 unspecified atom stereocenters. The Morgan fingerprint density at radius 2 is 1.66 bits per heavy atom. The van der Waals surface area contributed by atoms with Gasteiger partial charge in [-0.25, -0.2) is 4.79 Å². The Morgan fingerprint density at radius 1 is 1.04 bits per heavy atom. The zero-order valence-electron chi connectivity index (χ0n) is 31.6. The first-order valence-electron chi connectivity index (χ1n) is 19.5. The molecular weight excluding hydrogens is 691 g/mol. The van der Waals surface area contributed by atoms with E-state index in [-0.39, 0.29) is 19.1 Å². The number of benzene rings is 1. The van der Waals surface area contributed by atoms with Crippen molar-refractivity contribution in [3.63, 3.8) is 0 Å². The quantitative estimate of drug-likeness (QED) is 0.0634. The standard InChI is InChI=1S/C39H57NO7.C2HF3O/c1-4-5-6-7-8-9-10-11-12-13-14-15-16-17-18-19-33(42)45-28(2)37(43)46-31-22-23-39(44)32-26-29-20-21-30(27-41)35-34(29)38(39,36(31)47-35)24-25-40(32)3;3-2(4,5)1-6/h11-12,20-22,28,32,36,41,44H,4-10,13-19,23-27H2,1-3H3;1H/b12-11-;/t28-,32+,36-,38-,39+;/m0./s1. The molecule has 2 aliphatic heterocycles. The van der Waals surface area contributed by atoms with Crippen LogP contribution in [0.2, 0.25) is 0 Å². The summed E-state index contributed by atoms with van der Waals surface area (Å²) in [5.41, 5.74) is 0.825. The van der Waals surface area contributed by atoms with E-state index in [0.29, 0.717) is 36.3 Å². The number of rotatable bonds is 19. The summed E-state index contributed by atoms with van der Waals surface area (Å²) in [5.74, 6) is -0.112. The largest absolute Gasteiger partial charge is 0.481 e. The van der Waals surface area contributed by atoms with Gasteiger partial charge in [0.25, 0.3) is 0 Å². The van der Waals surface area contributed by atoms with Gasteiger partial charge in [0, 0.05) is 30.0 Å². The highest BCUT2D eigenvalue weighted by atomic mass is 19.4. The molecule has 53 heavy (non-hydrogen) atoms. The van der Waals surface area contributed by atoms with Crippen LogP contribution in [-0.2, 0) is 42.3 Å². The Bertz CT molecular complexity index is 1460. The number of unbranched alkanes of at least 4 members (excludes halogenated alkanes) is 11. The minimum atomic E-state index is -4.64. The van der Waals surface area contributed by atoms with E-state index < -0.39 is 47.6 Å². The fourth-order valence-electron chi connectivity index (χ4n) is 8.47. The van der Waals surface area contributed by atoms with Crippen LogP contribution >= 0.6 is 0 Å². The number of aliphatic hydroxyl groups excluding tert-OH is 1. The first-order valence-corrected chi connectivity index (χ1v) is 19.5. The van der Waals surface area contributed by atoms with Crippen LogP contribution in [0.4, 0.5) is 13.2 Å². The number of ether oxygens (including phenoxy) is 3. The molecule has 0 saturated carbocycles. The van der Waals surface area contributed by atoms with E-state index in [1.165, 1.54) is 58.3 Å². The van der Waals surface area contributed by atoms with Gasteiger partial charge >= 0.3 is 18.1 Å². The van der Waals surface area contributed by atoms with Crippen LogP contribution in [0.15, 0.2) is 36.1 Å². The first-order chi connectivity index (χ1) is 25.3. The van der Waals surface area contributed by atoms with Gasteiger partial charge in [-0.1, -0.05) is 82.6 Å². The maximum atomic E-state index is 13.2. The van der Waals surface area contributed by atoms with Gasteiger partial charge in [0.15, 0.2) is 12.2 Å². The van der Waals surface area contributed by atoms with Crippen molar-refractivity contribution in [1.82, 2.24) is 4.90 Å². The monoisotopic (exact) mass is 749 g/mol. The Morgan fingerprint density at radius 3 is 2.28 bits per heavy atom. The van der Waals surface area contributed by atoms with Crippen molar-refractivity contribution < 1.29 is 52.0 Å². The SMILES string of the molecule is CCCCCCCC/C=C\CCCCCCCC(=O)O[C@@H](C)C(=O)OC1=CC[C@@]2(O)[C@H]3Cc4ccc(CO)c5c4[C@@]2(CCN3C)[C@H]1O5.O=CC(F)(F)F. The van der Waals surface area contributed by atoms with Crippen LogP contribution in [0, 0.1) is 0 Å². The van der Waals surface area contributed by atoms with Crippen molar-refractivity contribution in [2.75, 3.05) is 13.6 Å². The number of aliphatic hydroxyl groups is 2. The highest BCUT2D eigenvalue weighted by molar-refractivity contribution is 5.80. The Balaban J connectivity index is 0.000000964. The summed E-state index contributed by atoms with van der Waals surface area (Å²) < 4.78 is 49.1. The lowest BCUT2D eigenvalue weighted by Crippen LogP contribution is -2.74. The van der Waals surface area contributed by atoms with E-state index in [4.69, 9.17) is 19.0 Å². The van der Waals surface area contributed by atoms with Gasteiger partial charge in [0.1, 0.15) is 11.5 Å². The average Bonchev–Trinajstić information content (AvgIpc) is 3.48. The van der Waals surface area contributed by atoms with Gasteiger partial charge in [0.05, 0.1) is 17.6 Å². The van der Waals surface area contributed by atoms with Gasteiger partial charge in [-0.3, -0.25) is 9.59 Å². The number of nitrogens with zero attached hydrogens (tertiary/aromatic N) is 1. The average molecular weight is 750 g/mol. The molecule has 4 aliphatic rings. The number of piperidine rings is 1. The van der Waals surface area contributed by atoms with Crippen molar-refractivity contribution in [1.29, 1.82) is 0 Å². The first kappa shape index (κ1) is 42.5. The summed E-state index contributed by atoms with van der Waals surface area (Å²) in [6, 6.07) is 3.81.